The smallest absolute Gasteiger partial charge is 0.219 e. The maximum absolute atomic E-state index is 11.5. The number of carbonyl (C=O) groups is 1. The number of carbonyl (C=O) groups excluding carboxylic acids is 1. The molecule has 2 rings (SSSR count). The van der Waals surface area contributed by atoms with Gasteiger partial charge in [0.2, 0.25) is 5.91 Å². The summed E-state index contributed by atoms with van der Waals surface area (Å²) in [6, 6.07) is 4.33. The average Bonchev–Trinajstić information content (AvgIpc) is 2.70. The van der Waals surface area contributed by atoms with Crippen molar-refractivity contribution < 1.29 is 4.79 Å². The second-order valence-electron chi connectivity index (χ2n) is 6.03. The van der Waals surface area contributed by atoms with Crippen LogP contribution in [0.1, 0.15) is 30.0 Å². The Morgan fingerprint density at radius 2 is 1.59 bits per heavy atom. The molecule has 0 radical (unpaired) electrons. The van der Waals surface area contributed by atoms with Crippen LogP contribution < -0.4 is 5.32 Å². The minimum absolute atomic E-state index is 0.144. The van der Waals surface area contributed by atoms with Crippen LogP contribution in [0.2, 0.25) is 0 Å². The van der Waals surface area contributed by atoms with E-state index in [1.807, 2.05) is 4.90 Å². The molecule has 1 aromatic rings. The molecule has 1 heterocycles. The van der Waals surface area contributed by atoms with Gasteiger partial charge >= 0.3 is 0 Å². The molecule has 0 saturated carbocycles. The summed E-state index contributed by atoms with van der Waals surface area (Å²) < 4.78 is 0. The Labute approximate surface area is 138 Å². The summed E-state index contributed by atoms with van der Waals surface area (Å²) in [5.41, 5.74) is 4.82. The zero-order chi connectivity index (χ0) is 16.3. The second kappa shape index (κ2) is 7.09. The van der Waals surface area contributed by atoms with Crippen LogP contribution >= 0.6 is 12.2 Å². The van der Waals surface area contributed by atoms with E-state index in [-0.39, 0.29) is 5.91 Å². The summed E-state index contributed by atoms with van der Waals surface area (Å²) in [7, 11) is 0. The van der Waals surface area contributed by atoms with Crippen LogP contribution in [0.5, 0.6) is 0 Å². The number of nitrogens with zero attached hydrogens (tertiary/aromatic N) is 2. The van der Waals surface area contributed by atoms with Gasteiger partial charge in [-0.2, -0.15) is 0 Å². The van der Waals surface area contributed by atoms with E-state index in [2.05, 4.69) is 43.1 Å². The summed E-state index contributed by atoms with van der Waals surface area (Å²) in [6.07, 6.45) is 0.952. The molecule has 1 aliphatic rings. The van der Waals surface area contributed by atoms with Gasteiger partial charge in [-0.05, 0) is 62.2 Å². The van der Waals surface area contributed by atoms with Crippen LogP contribution in [0.15, 0.2) is 12.1 Å². The number of benzene rings is 1. The van der Waals surface area contributed by atoms with Crippen molar-refractivity contribution in [1.82, 2.24) is 9.80 Å². The quantitative estimate of drug-likeness (QED) is 0.808. The normalized spacial score (nSPS) is 15.5. The lowest BCUT2D eigenvalue weighted by Crippen LogP contribution is -2.38. The monoisotopic (exact) mass is 319 g/mol. The molecule has 1 amide bonds. The number of amides is 1. The Morgan fingerprint density at radius 3 is 2.27 bits per heavy atom. The van der Waals surface area contributed by atoms with Crippen molar-refractivity contribution in [3.8, 4) is 0 Å². The molecule has 0 aliphatic carbocycles. The lowest BCUT2D eigenvalue weighted by Gasteiger charge is -2.25. The van der Waals surface area contributed by atoms with Gasteiger partial charge in [0.15, 0.2) is 5.11 Å². The predicted molar refractivity (Wildman–Crippen MR) is 95.3 cm³/mol. The number of aryl methyl sites for hydroxylation is 3. The molecular formula is C17H25N3OS. The highest BCUT2D eigenvalue weighted by Gasteiger charge is 2.18. The van der Waals surface area contributed by atoms with Gasteiger partial charge in [-0.15, -0.1) is 0 Å². The van der Waals surface area contributed by atoms with Gasteiger partial charge in [0, 0.05) is 38.8 Å². The Kier molecular flexibility index (Phi) is 5.40. The van der Waals surface area contributed by atoms with E-state index in [0.29, 0.717) is 0 Å². The van der Waals surface area contributed by atoms with Crippen molar-refractivity contribution >= 4 is 28.9 Å². The summed E-state index contributed by atoms with van der Waals surface area (Å²) in [5.74, 6) is 0.144. The molecular weight excluding hydrogens is 294 g/mol. The number of hydrogen-bond donors (Lipinski definition) is 1. The first-order chi connectivity index (χ1) is 10.4. The van der Waals surface area contributed by atoms with Crippen molar-refractivity contribution in [1.29, 1.82) is 0 Å². The fraction of sp³-hybridized carbons (Fsp3) is 0.529. The van der Waals surface area contributed by atoms with Gasteiger partial charge in [-0.25, -0.2) is 0 Å². The van der Waals surface area contributed by atoms with Crippen LogP contribution in [-0.2, 0) is 4.79 Å². The number of nitrogens with one attached hydrogen (secondary N) is 1. The standard InChI is InChI=1S/C17H25N3OS/c1-12-10-14(3)16(11-13(12)2)18-17(22)20-7-5-6-19(8-9-20)15(4)21/h10-11H,5-9H2,1-4H3,(H,18,22). The van der Waals surface area contributed by atoms with Crippen LogP contribution in [0.25, 0.3) is 0 Å². The first-order valence-electron chi connectivity index (χ1n) is 7.78. The van der Waals surface area contributed by atoms with Gasteiger partial charge in [-0.3, -0.25) is 4.79 Å². The predicted octanol–water partition coefficient (Wildman–Crippen LogP) is 2.86. The van der Waals surface area contributed by atoms with Crippen LogP contribution in [0, 0.1) is 20.8 Å². The molecule has 22 heavy (non-hydrogen) atoms. The number of rotatable bonds is 1. The number of thiocarbonyl (C=S) groups is 1. The Morgan fingerprint density at radius 1 is 1.00 bits per heavy atom. The molecule has 1 fully saturated rings. The third-order valence-corrected chi connectivity index (χ3v) is 4.67. The van der Waals surface area contributed by atoms with Crippen LogP contribution in [0.4, 0.5) is 5.69 Å². The largest absolute Gasteiger partial charge is 0.347 e. The molecule has 1 aliphatic heterocycles. The van der Waals surface area contributed by atoms with Crippen molar-refractivity contribution in [3.05, 3.63) is 28.8 Å². The Balaban J connectivity index is 2.03. The molecule has 0 spiro atoms. The van der Waals surface area contributed by atoms with Crippen molar-refractivity contribution in [2.75, 3.05) is 31.5 Å². The Bertz CT molecular complexity index is 586. The van der Waals surface area contributed by atoms with Crippen molar-refractivity contribution in [2.24, 2.45) is 0 Å². The van der Waals surface area contributed by atoms with E-state index in [1.54, 1.807) is 6.92 Å². The maximum atomic E-state index is 11.5. The third kappa shape index (κ3) is 3.97. The Hall–Kier alpha value is -1.62. The number of anilines is 1. The van der Waals surface area contributed by atoms with Gasteiger partial charge in [0.25, 0.3) is 0 Å². The van der Waals surface area contributed by atoms with Gasteiger partial charge in [-0.1, -0.05) is 6.07 Å². The molecule has 0 atom stereocenters. The van der Waals surface area contributed by atoms with Crippen LogP contribution in [0.3, 0.4) is 0 Å². The highest BCUT2D eigenvalue weighted by atomic mass is 32.1. The van der Waals surface area contributed by atoms with Gasteiger partial charge < -0.3 is 15.1 Å². The summed E-state index contributed by atoms with van der Waals surface area (Å²) in [4.78, 5) is 15.5. The SMILES string of the molecule is CC(=O)N1CCCN(C(=S)Nc2cc(C)c(C)cc2C)CC1. The molecule has 1 N–H and O–H groups in total. The second-order valence-corrected chi connectivity index (χ2v) is 6.41. The van der Waals surface area contributed by atoms with Gasteiger partial charge in [0.1, 0.15) is 0 Å². The maximum Gasteiger partial charge on any atom is 0.219 e. The molecule has 120 valence electrons. The fourth-order valence-electron chi connectivity index (χ4n) is 2.72. The zero-order valence-corrected chi connectivity index (χ0v) is 14.7. The minimum Gasteiger partial charge on any atom is -0.347 e. The molecule has 0 bridgehead atoms. The van der Waals surface area contributed by atoms with E-state index < -0.39 is 0 Å². The third-order valence-electron chi connectivity index (χ3n) is 4.31. The summed E-state index contributed by atoms with van der Waals surface area (Å²) in [5, 5.41) is 4.12. The van der Waals surface area contributed by atoms with E-state index in [9.17, 15) is 4.79 Å². The lowest BCUT2D eigenvalue weighted by molar-refractivity contribution is -0.128. The highest BCUT2D eigenvalue weighted by Crippen LogP contribution is 2.20. The minimum atomic E-state index is 0.144. The molecule has 4 nitrogen and oxygen atoms in total. The molecule has 0 unspecified atom stereocenters. The zero-order valence-electron chi connectivity index (χ0n) is 13.9. The van der Waals surface area contributed by atoms with Gasteiger partial charge in [0.05, 0.1) is 0 Å². The van der Waals surface area contributed by atoms with E-state index in [1.165, 1.54) is 16.7 Å². The molecule has 1 saturated heterocycles. The molecule has 1 aromatic carbocycles. The van der Waals surface area contributed by atoms with E-state index in [4.69, 9.17) is 12.2 Å². The van der Waals surface area contributed by atoms with E-state index in [0.717, 1.165) is 43.4 Å². The fourth-order valence-corrected chi connectivity index (χ4v) is 3.02. The number of hydrogen-bond acceptors (Lipinski definition) is 2. The van der Waals surface area contributed by atoms with Crippen molar-refractivity contribution in [2.45, 2.75) is 34.1 Å². The first kappa shape index (κ1) is 16.7. The average molecular weight is 319 g/mol. The summed E-state index contributed by atoms with van der Waals surface area (Å²) in [6.45, 7) is 11.2. The summed E-state index contributed by atoms with van der Waals surface area (Å²) >= 11 is 5.57. The first-order valence-corrected chi connectivity index (χ1v) is 8.18. The van der Waals surface area contributed by atoms with E-state index >= 15 is 0 Å². The lowest BCUT2D eigenvalue weighted by atomic mass is 10.1. The van der Waals surface area contributed by atoms with Crippen molar-refractivity contribution in [3.63, 3.8) is 0 Å². The highest BCUT2D eigenvalue weighted by molar-refractivity contribution is 7.80. The molecule has 5 heteroatoms. The molecule has 0 aromatic heterocycles. The topological polar surface area (TPSA) is 35.6 Å². The van der Waals surface area contributed by atoms with Crippen LogP contribution in [-0.4, -0.2) is 47.0 Å².